The van der Waals surface area contributed by atoms with Gasteiger partial charge in [0.2, 0.25) is 0 Å². The number of benzene rings is 1. The molecule has 0 bridgehead atoms. The molecule has 4 N–H and O–H groups in total. The first kappa shape index (κ1) is 26.5. The van der Waals surface area contributed by atoms with Crippen molar-refractivity contribution in [2.45, 2.75) is 87.7 Å². The van der Waals surface area contributed by atoms with Crippen molar-refractivity contribution in [2.75, 3.05) is 0 Å². The molecule has 35 heavy (non-hydrogen) atoms. The van der Waals surface area contributed by atoms with Gasteiger partial charge in [-0.05, 0) is 42.8 Å². The summed E-state index contributed by atoms with van der Waals surface area (Å²) >= 11 is 0. The zero-order valence-corrected chi connectivity index (χ0v) is 19.1. The predicted molar refractivity (Wildman–Crippen MR) is 120 cm³/mol. The third-order valence-electron chi connectivity index (χ3n) is 6.12. The van der Waals surface area contributed by atoms with Crippen LogP contribution in [-0.2, 0) is 20.8 Å². The summed E-state index contributed by atoms with van der Waals surface area (Å²) < 4.78 is 16.9. The van der Waals surface area contributed by atoms with Gasteiger partial charge < -0.3 is 34.8 Å². The molecule has 2 unspecified atom stereocenters. The number of alkyl carbamates (subject to hydrolysis) is 1. The number of amides is 1. The molecule has 190 valence electrons. The first-order valence-electron chi connectivity index (χ1n) is 11.2. The fraction of sp³-hybridized carbons (Fsp3) is 0.667. The van der Waals surface area contributed by atoms with Crippen molar-refractivity contribution in [3.8, 4) is 0 Å². The summed E-state index contributed by atoms with van der Waals surface area (Å²) in [5.41, 5.74) is 18.4. The molecule has 1 heterocycles. The highest BCUT2D eigenvalue weighted by Crippen LogP contribution is 2.31. The van der Waals surface area contributed by atoms with Crippen LogP contribution in [-0.4, -0.2) is 76.3 Å². The number of hydrogen-bond donors (Lipinski definition) is 4. The van der Waals surface area contributed by atoms with Crippen molar-refractivity contribution >= 4 is 6.09 Å². The van der Waals surface area contributed by atoms with Crippen molar-refractivity contribution in [2.24, 2.45) is 10.2 Å². The number of carbonyl (C=O) groups is 1. The highest BCUT2D eigenvalue weighted by Gasteiger charge is 2.46. The summed E-state index contributed by atoms with van der Waals surface area (Å²) in [7, 11) is 0. The van der Waals surface area contributed by atoms with Gasteiger partial charge >= 0.3 is 6.09 Å². The van der Waals surface area contributed by atoms with Crippen LogP contribution in [0.15, 0.2) is 40.6 Å². The molecule has 1 saturated heterocycles. The molecule has 1 saturated carbocycles. The molecule has 0 aromatic heterocycles. The Morgan fingerprint density at radius 3 is 2.51 bits per heavy atom. The van der Waals surface area contributed by atoms with Crippen LogP contribution in [0.4, 0.5) is 4.79 Å². The van der Waals surface area contributed by atoms with E-state index in [-0.39, 0.29) is 19.4 Å². The van der Waals surface area contributed by atoms with Gasteiger partial charge in [0.1, 0.15) is 18.8 Å². The van der Waals surface area contributed by atoms with Crippen LogP contribution < -0.4 is 5.32 Å². The molecule has 1 aromatic carbocycles. The highest BCUT2D eigenvalue weighted by molar-refractivity contribution is 5.67. The van der Waals surface area contributed by atoms with E-state index in [0.717, 1.165) is 5.56 Å². The third kappa shape index (κ3) is 6.96. The minimum atomic E-state index is -1.56. The standard InChI is InChI=1S/C21H29N7O7/c1-11(24-21(32)33-10-12-5-3-2-4-6-12)16-8-7-15(29)20(34-16)35-19-14(26-28-23)9-13(25-27-22)17(30)18(19)31/h2-6,11,13-20,29-31H,7-10H2,1H3,(H,24,32)/t11-,13?,14?,15-,16+,17+,18-,19-,20-/m1/s1. The van der Waals surface area contributed by atoms with Gasteiger partial charge in [0.05, 0.1) is 36.4 Å². The summed E-state index contributed by atoms with van der Waals surface area (Å²) in [6.45, 7) is 1.82. The molecular formula is C21H29N7O7. The summed E-state index contributed by atoms with van der Waals surface area (Å²) in [6.07, 6.45) is -7.08. The predicted octanol–water partition coefficient (Wildman–Crippen LogP) is 2.04. The Morgan fingerprint density at radius 2 is 1.83 bits per heavy atom. The van der Waals surface area contributed by atoms with Gasteiger partial charge in [-0.15, -0.1) is 0 Å². The minimum Gasteiger partial charge on any atom is -0.445 e. The lowest BCUT2D eigenvalue weighted by Gasteiger charge is -2.43. The molecule has 2 aliphatic rings. The van der Waals surface area contributed by atoms with Crippen LogP contribution in [0.2, 0.25) is 0 Å². The quantitative estimate of drug-likeness (QED) is 0.241. The maximum atomic E-state index is 12.2. The Labute approximate surface area is 201 Å². The molecule has 1 aliphatic heterocycles. The average molecular weight is 492 g/mol. The molecule has 1 aromatic rings. The van der Waals surface area contributed by atoms with Gasteiger partial charge in [0, 0.05) is 9.82 Å². The zero-order valence-electron chi connectivity index (χ0n) is 19.1. The van der Waals surface area contributed by atoms with Crippen molar-refractivity contribution in [1.29, 1.82) is 0 Å². The van der Waals surface area contributed by atoms with E-state index < -0.39 is 61.0 Å². The normalized spacial score (nSPS) is 33.5. The average Bonchev–Trinajstić information content (AvgIpc) is 2.85. The van der Waals surface area contributed by atoms with Gasteiger partial charge in [-0.3, -0.25) is 0 Å². The van der Waals surface area contributed by atoms with Crippen molar-refractivity contribution in [3.05, 3.63) is 56.8 Å². The van der Waals surface area contributed by atoms with Gasteiger partial charge in [0.25, 0.3) is 0 Å². The zero-order chi connectivity index (χ0) is 25.4. The van der Waals surface area contributed by atoms with Gasteiger partial charge in [-0.2, -0.15) is 0 Å². The van der Waals surface area contributed by atoms with Crippen LogP contribution in [0.3, 0.4) is 0 Å². The number of hydrogen-bond acceptors (Lipinski definition) is 9. The number of rotatable bonds is 8. The number of nitrogens with one attached hydrogen (secondary N) is 1. The lowest BCUT2D eigenvalue weighted by atomic mass is 9.84. The molecular weight excluding hydrogens is 462 g/mol. The van der Waals surface area contributed by atoms with Crippen molar-refractivity contribution in [3.63, 3.8) is 0 Å². The molecule has 14 heteroatoms. The topological polar surface area (TPSA) is 215 Å². The van der Waals surface area contributed by atoms with Crippen LogP contribution in [0.1, 0.15) is 31.7 Å². The first-order chi connectivity index (χ1) is 16.8. The van der Waals surface area contributed by atoms with Crippen LogP contribution in [0, 0.1) is 0 Å². The lowest BCUT2D eigenvalue weighted by molar-refractivity contribution is -0.281. The number of carbonyl (C=O) groups excluding carboxylic acids is 1. The van der Waals surface area contributed by atoms with E-state index in [1.54, 1.807) is 6.92 Å². The molecule has 0 spiro atoms. The van der Waals surface area contributed by atoms with Crippen molar-refractivity contribution in [1.82, 2.24) is 5.32 Å². The van der Waals surface area contributed by atoms with Crippen LogP contribution in [0.5, 0.6) is 0 Å². The SMILES string of the molecule is C[C@@H](NC(=O)OCc1ccccc1)[C@@H]1CC[C@@H](O)[C@@H](O[C@@H]2C(N=[N+]=[N-])CC(N=[N+]=[N-])[C@H](O)[C@H]2O)O1. The second kappa shape index (κ2) is 12.6. The molecule has 0 radical (unpaired) electrons. The smallest absolute Gasteiger partial charge is 0.407 e. The van der Waals surface area contributed by atoms with E-state index in [4.69, 9.17) is 25.3 Å². The van der Waals surface area contributed by atoms with Gasteiger partial charge in [0.15, 0.2) is 6.29 Å². The van der Waals surface area contributed by atoms with Gasteiger partial charge in [-0.25, -0.2) is 4.79 Å². The number of aliphatic hydroxyl groups is 3. The number of ether oxygens (including phenoxy) is 3. The van der Waals surface area contributed by atoms with Crippen molar-refractivity contribution < 1.29 is 34.3 Å². The van der Waals surface area contributed by atoms with Crippen LogP contribution in [0.25, 0.3) is 20.9 Å². The maximum Gasteiger partial charge on any atom is 0.407 e. The van der Waals surface area contributed by atoms with E-state index in [2.05, 4.69) is 25.4 Å². The Kier molecular flexibility index (Phi) is 9.52. The Bertz CT molecular complexity index is 941. The molecule has 1 amide bonds. The first-order valence-corrected chi connectivity index (χ1v) is 11.2. The second-order valence-electron chi connectivity index (χ2n) is 8.54. The van der Waals surface area contributed by atoms with Gasteiger partial charge in [-0.1, -0.05) is 40.6 Å². The third-order valence-corrected chi connectivity index (χ3v) is 6.12. The number of aliphatic hydroxyl groups excluding tert-OH is 3. The van der Waals surface area contributed by atoms with E-state index >= 15 is 0 Å². The summed E-state index contributed by atoms with van der Waals surface area (Å²) in [5.74, 6) is 0. The lowest BCUT2D eigenvalue weighted by Crippen LogP contribution is -2.58. The Hall–Kier alpha value is -3.09. The van der Waals surface area contributed by atoms with E-state index in [9.17, 15) is 20.1 Å². The Balaban J connectivity index is 1.59. The summed E-state index contributed by atoms with van der Waals surface area (Å²) in [4.78, 5) is 17.6. The fourth-order valence-corrected chi connectivity index (χ4v) is 4.19. The molecule has 9 atom stereocenters. The minimum absolute atomic E-state index is 0.0610. The number of azide groups is 2. The largest absolute Gasteiger partial charge is 0.445 e. The monoisotopic (exact) mass is 491 g/mol. The van der Waals surface area contributed by atoms with E-state index in [0.29, 0.717) is 6.42 Å². The molecule has 3 rings (SSSR count). The summed E-state index contributed by atoms with van der Waals surface area (Å²) in [6, 6.07) is 6.72. The molecule has 2 fully saturated rings. The Morgan fingerprint density at radius 1 is 1.14 bits per heavy atom. The highest BCUT2D eigenvalue weighted by atomic mass is 16.7. The van der Waals surface area contributed by atoms with E-state index in [1.807, 2.05) is 30.3 Å². The van der Waals surface area contributed by atoms with Crippen LogP contribution >= 0.6 is 0 Å². The van der Waals surface area contributed by atoms with E-state index in [1.165, 1.54) is 0 Å². The fourth-order valence-electron chi connectivity index (χ4n) is 4.19. The maximum absolute atomic E-state index is 12.2. The second-order valence-corrected chi connectivity index (χ2v) is 8.54. The molecule has 14 nitrogen and oxygen atoms in total. The summed E-state index contributed by atoms with van der Waals surface area (Å²) in [5, 5.41) is 41.0. The number of nitrogens with zero attached hydrogens (tertiary/aromatic N) is 6. The molecule has 1 aliphatic carbocycles.